The Morgan fingerprint density at radius 2 is 1.71 bits per heavy atom. The van der Waals surface area contributed by atoms with Gasteiger partial charge in [0.15, 0.2) is 6.61 Å². The number of ether oxygens (including phenoxy) is 1. The minimum absolute atomic E-state index is 0.101. The molecule has 1 saturated carbocycles. The summed E-state index contributed by atoms with van der Waals surface area (Å²) in [6.45, 7) is 4.31. The second-order valence-corrected chi connectivity index (χ2v) is 10.9. The number of rotatable bonds is 11. The first kappa shape index (κ1) is 27.9. The highest BCUT2D eigenvalue weighted by atomic mass is 79.9. The Bertz CT molecular complexity index is 1220. The summed E-state index contributed by atoms with van der Waals surface area (Å²) in [4.78, 5) is 29.3. The first-order chi connectivity index (χ1) is 18.4. The number of carbonyl (C=O) groups is 2. The van der Waals surface area contributed by atoms with Gasteiger partial charge in [0.05, 0.1) is 4.47 Å². The van der Waals surface area contributed by atoms with Crippen LogP contribution in [0, 0.1) is 6.92 Å². The molecule has 0 radical (unpaired) electrons. The van der Waals surface area contributed by atoms with Gasteiger partial charge in [0.2, 0.25) is 5.91 Å². The molecule has 3 aromatic rings. The summed E-state index contributed by atoms with van der Waals surface area (Å²) >= 11 is 3.57. The first-order valence-electron chi connectivity index (χ1n) is 13.5. The molecule has 0 aliphatic heterocycles. The third-order valence-electron chi connectivity index (χ3n) is 7.33. The van der Waals surface area contributed by atoms with Crippen LogP contribution in [0.25, 0.3) is 0 Å². The van der Waals surface area contributed by atoms with Crippen molar-refractivity contribution in [1.29, 1.82) is 0 Å². The molecule has 1 atom stereocenters. The van der Waals surface area contributed by atoms with Crippen molar-refractivity contribution in [2.75, 3.05) is 6.61 Å². The zero-order chi connectivity index (χ0) is 26.9. The van der Waals surface area contributed by atoms with E-state index in [-0.39, 0.29) is 24.5 Å². The van der Waals surface area contributed by atoms with E-state index in [9.17, 15) is 9.59 Å². The second-order valence-electron chi connectivity index (χ2n) is 10.1. The zero-order valence-corrected chi connectivity index (χ0v) is 23.9. The summed E-state index contributed by atoms with van der Waals surface area (Å²) in [7, 11) is 0. The molecule has 0 unspecified atom stereocenters. The number of amides is 2. The summed E-state index contributed by atoms with van der Waals surface area (Å²) in [5, 5.41) is 3.25. The molecule has 200 valence electrons. The number of nitrogens with zero attached hydrogens (tertiary/aromatic N) is 1. The highest BCUT2D eigenvalue weighted by Crippen LogP contribution is 2.27. The zero-order valence-electron chi connectivity index (χ0n) is 22.3. The maximum Gasteiger partial charge on any atom is 0.261 e. The van der Waals surface area contributed by atoms with E-state index in [0.717, 1.165) is 53.3 Å². The van der Waals surface area contributed by atoms with Gasteiger partial charge in [0, 0.05) is 19.0 Å². The van der Waals surface area contributed by atoms with Crippen molar-refractivity contribution in [3.8, 4) is 5.75 Å². The molecule has 1 aliphatic rings. The summed E-state index contributed by atoms with van der Waals surface area (Å²) in [6.07, 6.45) is 5.57. The smallest absolute Gasteiger partial charge is 0.261 e. The number of hydrogen-bond donors (Lipinski definition) is 1. The van der Waals surface area contributed by atoms with Crippen molar-refractivity contribution in [1.82, 2.24) is 10.2 Å². The highest BCUT2D eigenvalue weighted by Gasteiger charge is 2.32. The van der Waals surface area contributed by atoms with Crippen LogP contribution in [0.3, 0.4) is 0 Å². The van der Waals surface area contributed by atoms with E-state index in [1.54, 1.807) is 4.90 Å². The quantitative estimate of drug-likeness (QED) is 0.287. The average Bonchev–Trinajstić information content (AvgIpc) is 3.44. The summed E-state index contributed by atoms with van der Waals surface area (Å²) in [6, 6.07) is 23.3. The van der Waals surface area contributed by atoms with Crippen molar-refractivity contribution in [2.24, 2.45) is 0 Å². The number of aryl methyl sites for hydroxylation is 2. The average molecular weight is 578 g/mol. The summed E-state index contributed by atoms with van der Waals surface area (Å²) < 4.78 is 6.81. The molecule has 0 heterocycles. The molecule has 1 N–H and O–H groups in total. The van der Waals surface area contributed by atoms with Gasteiger partial charge < -0.3 is 15.0 Å². The molecule has 4 rings (SSSR count). The number of halogens is 1. The van der Waals surface area contributed by atoms with Gasteiger partial charge in [-0.05, 0) is 76.5 Å². The molecule has 0 bridgehead atoms. The second kappa shape index (κ2) is 13.6. The lowest BCUT2D eigenvalue weighted by molar-refractivity contribution is -0.143. The Morgan fingerprint density at radius 1 is 1.00 bits per heavy atom. The minimum Gasteiger partial charge on any atom is -0.483 e. The largest absolute Gasteiger partial charge is 0.483 e. The van der Waals surface area contributed by atoms with Crippen LogP contribution in [0.15, 0.2) is 77.3 Å². The Kier molecular flexibility index (Phi) is 9.99. The summed E-state index contributed by atoms with van der Waals surface area (Å²) in [5.74, 6) is 0.291. The molecule has 0 saturated heterocycles. The predicted molar refractivity (Wildman–Crippen MR) is 155 cm³/mol. The molecular weight excluding hydrogens is 540 g/mol. The number of carbonyl (C=O) groups excluding carboxylic acids is 2. The lowest BCUT2D eigenvalue weighted by Gasteiger charge is -2.32. The van der Waals surface area contributed by atoms with E-state index in [4.69, 9.17) is 4.74 Å². The Labute approximate surface area is 234 Å². The topological polar surface area (TPSA) is 58.6 Å². The van der Waals surface area contributed by atoms with Gasteiger partial charge in [0.25, 0.3) is 5.91 Å². The van der Waals surface area contributed by atoms with E-state index in [2.05, 4.69) is 28.2 Å². The van der Waals surface area contributed by atoms with E-state index in [1.807, 2.05) is 79.7 Å². The van der Waals surface area contributed by atoms with Crippen molar-refractivity contribution in [3.05, 3.63) is 99.5 Å². The van der Waals surface area contributed by atoms with Crippen LogP contribution in [-0.2, 0) is 29.0 Å². The fraction of sp³-hybridized carbons (Fsp3) is 0.375. The summed E-state index contributed by atoms with van der Waals surface area (Å²) in [5.41, 5.74) is 4.29. The number of benzene rings is 3. The lowest BCUT2D eigenvalue weighted by atomic mass is 10.0. The standard InChI is InChI=1S/C32H37BrN2O3/c1-3-24-17-18-30(28(33)19-24)38-22-31(36)35(21-26-14-8-7-11-23(26)2)29(20-25-12-5-4-6-13-25)32(37)34-27-15-9-10-16-27/h4-8,11-14,17-19,27,29H,3,9-10,15-16,20-22H2,1-2H3,(H,34,37)/t29-/m1/s1. The van der Waals surface area contributed by atoms with Gasteiger partial charge in [-0.25, -0.2) is 0 Å². The molecule has 6 heteroatoms. The molecule has 2 amide bonds. The molecule has 3 aromatic carbocycles. The van der Waals surface area contributed by atoms with Crippen LogP contribution in [0.5, 0.6) is 5.75 Å². The van der Waals surface area contributed by atoms with E-state index < -0.39 is 6.04 Å². The Morgan fingerprint density at radius 3 is 2.39 bits per heavy atom. The van der Waals surface area contributed by atoms with Crippen LogP contribution in [0.4, 0.5) is 0 Å². The molecule has 0 spiro atoms. The lowest BCUT2D eigenvalue weighted by Crippen LogP contribution is -2.53. The first-order valence-corrected chi connectivity index (χ1v) is 14.3. The number of nitrogens with one attached hydrogen (secondary N) is 1. The van der Waals surface area contributed by atoms with Crippen LogP contribution >= 0.6 is 15.9 Å². The van der Waals surface area contributed by atoms with Gasteiger partial charge in [-0.1, -0.05) is 80.4 Å². The van der Waals surface area contributed by atoms with E-state index in [1.165, 1.54) is 5.56 Å². The van der Waals surface area contributed by atoms with Gasteiger partial charge in [-0.15, -0.1) is 0 Å². The van der Waals surface area contributed by atoms with Crippen molar-refractivity contribution >= 4 is 27.7 Å². The van der Waals surface area contributed by atoms with E-state index in [0.29, 0.717) is 18.7 Å². The Balaban J connectivity index is 1.62. The maximum absolute atomic E-state index is 13.8. The van der Waals surface area contributed by atoms with Gasteiger partial charge in [0.1, 0.15) is 11.8 Å². The van der Waals surface area contributed by atoms with Crippen LogP contribution in [0.2, 0.25) is 0 Å². The highest BCUT2D eigenvalue weighted by molar-refractivity contribution is 9.10. The normalized spacial score (nSPS) is 14.2. The molecule has 1 aliphatic carbocycles. The third-order valence-corrected chi connectivity index (χ3v) is 7.95. The predicted octanol–water partition coefficient (Wildman–Crippen LogP) is 6.40. The minimum atomic E-state index is -0.653. The fourth-order valence-electron chi connectivity index (χ4n) is 5.00. The van der Waals surface area contributed by atoms with Crippen LogP contribution in [0.1, 0.15) is 54.9 Å². The van der Waals surface area contributed by atoms with Gasteiger partial charge in [-0.2, -0.15) is 0 Å². The van der Waals surface area contributed by atoms with Gasteiger partial charge >= 0.3 is 0 Å². The molecule has 1 fully saturated rings. The third kappa shape index (κ3) is 7.47. The van der Waals surface area contributed by atoms with E-state index >= 15 is 0 Å². The van der Waals surface area contributed by atoms with Gasteiger partial charge in [-0.3, -0.25) is 9.59 Å². The number of hydrogen-bond acceptors (Lipinski definition) is 3. The fourth-order valence-corrected chi connectivity index (χ4v) is 5.54. The molecular formula is C32H37BrN2O3. The SMILES string of the molecule is CCc1ccc(OCC(=O)N(Cc2ccccc2C)[C@H](Cc2ccccc2)C(=O)NC2CCCC2)c(Br)c1. The van der Waals surface area contributed by atoms with Crippen LogP contribution < -0.4 is 10.1 Å². The van der Waals surface area contributed by atoms with Crippen molar-refractivity contribution < 1.29 is 14.3 Å². The van der Waals surface area contributed by atoms with Crippen molar-refractivity contribution in [3.63, 3.8) is 0 Å². The molecule has 0 aromatic heterocycles. The molecule has 5 nitrogen and oxygen atoms in total. The Hall–Kier alpha value is -3.12. The van der Waals surface area contributed by atoms with Crippen molar-refractivity contribution in [2.45, 2.75) is 71.0 Å². The monoisotopic (exact) mass is 576 g/mol. The molecule has 38 heavy (non-hydrogen) atoms. The van der Waals surface area contributed by atoms with Crippen LogP contribution in [-0.4, -0.2) is 35.4 Å². The maximum atomic E-state index is 13.8.